The molecular formula is C14H20N2O2. The number of aliphatic hydroxyl groups is 1. The number of aryl methyl sites for hydroxylation is 1. The number of carbonyl (C=O) groups excluding carboxylic acids is 1. The van der Waals surface area contributed by atoms with Crippen LogP contribution in [0.2, 0.25) is 0 Å². The van der Waals surface area contributed by atoms with Gasteiger partial charge in [-0.15, -0.1) is 0 Å². The number of amides is 1. The Balaban J connectivity index is 1.81. The average molecular weight is 248 g/mol. The summed E-state index contributed by atoms with van der Waals surface area (Å²) in [5.74, 6) is 0.0995. The third-order valence-corrected chi connectivity index (χ3v) is 3.26. The van der Waals surface area contributed by atoms with E-state index in [-0.39, 0.29) is 12.0 Å². The molecule has 1 saturated heterocycles. The maximum atomic E-state index is 11.9. The van der Waals surface area contributed by atoms with Gasteiger partial charge in [-0.3, -0.25) is 9.69 Å². The first-order valence-corrected chi connectivity index (χ1v) is 6.24. The van der Waals surface area contributed by atoms with E-state index in [0.29, 0.717) is 26.2 Å². The number of nitrogens with zero attached hydrogens (tertiary/aromatic N) is 2. The number of rotatable bonds is 4. The van der Waals surface area contributed by atoms with Crippen LogP contribution in [-0.2, 0) is 11.3 Å². The molecule has 18 heavy (non-hydrogen) atoms. The van der Waals surface area contributed by atoms with Crippen LogP contribution in [0.4, 0.5) is 0 Å². The second kappa shape index (κ2) is 5.50. The van der Waals surface area contributed by atoms with E-state index in [4.69, 9.17) is 5.11 Å². The summed E-state index contributed by atoms with van der Waals surface area (Å²) >= 11 is 0. The molecule has 0 spiro atoms. The molecule has 0 atom stereocenters. The molecule has 1 heterocycles. The highest BCUT2D eigenvalue weighted by Gasteiger charge is 2.26. The van der Waals surface area contributed by atoms with E-state index in [1.807, 2.05) is 31.0 Å². The topological polar surface area (TPSA) is 43.8 Å². The largest absolute Gasteiger partial charge is 0.390 e. The molecule has 1 aliphatic rings. The summed E-state index contributed by atoms with van der Waals surface area (Å²) in [7, 11) is 1.82. The van der Waals surface area contributed by atoms with Gasteiger partial charge in [-0.25, -0.2) is 0 Å². The van der Waals surface area contributed by atoms with E-state index in [2.05, 4.69) is 12.1 Å². The fraction of sp³-hybridized carbons (Fsp3) is 0.500. The van der Waals surface area contributed by atoms with Crippen molar-refractivity contribution >= 4 is 5.91 Å². The molecule has 0 saturated carbocycles. The Labute approximate surface area is 108 Å². The van der Waals surface area contributed by atoms with Gasteiger partial charge >= 0.3 is 0 Å². The fourth-order valence-electron chi connectivity index (χ4n) is 2.04. The Morgan fingerprint density at radius 3 is 2.56 bits per heavy atom. The predicted molar refractivity (Wildman–Crippen MR) is 70.1 cm³/mol. The molecule has 4 heteroatoms. The molecule has 0 aliphatic carbocycles. The lowest BCUT2D eigenvalue weighted by Crippen LogP contribution is -2.53. The van der Waals surface area contributed by atoms with E-state index >= 15 is 0 Å². The number of carbonyl (C=O) groups is 1. The monoisotopic (exact) mass is 248 g/mol. The van der Waals surface area contributed by atoms with Gasteiger partial charge in [-0.2, -0.15) is 0 Å². The maximum absolute atomic E-state index is 11.9. The Morgan fingerprint density at radius 1 is 1.39 bits per heavy atom. The summed E-state index contributed by atoms with van der Waals surface area (Å²) in [6, 6.07) is 8.21. The number of benzene rings is 1. The van der Waals surface area contributed by atoms with Crippen LogP contribution in [0.3, 0.4) is 0 Å². The summed E-state index contributed by atoms with van der Waals surface area (Å²) in [6.07, 6.45) is -0.250. The SMILES string of the molecule is Cc1ccc(CN(C)C(=O)CN2CC(O)C2)cc1. The number of hydrogen-bond acceptors (Lipinski definition) is 3. The lowest BCUT2D eigenvalue weighted by molar-refractivity contribution is -0.134. The lowest BCUT2D eigenvalue weighted by Gasteiger charge is -2.36. The zero-order chi connectivity index (χ0) is 13.1. The molecule has 1 aromatic rings. The molecule has 0 unspecified atom stereocenters. The van der Waals surface area contributed by atoms with Gasteiger partial charge in [0.15, 0.2) is 0 Å². The van der Waals surface area contributed by atoms with Gasteiger partial charge in [0.1, 0.15) is 0 Å². The number of hydrogen-bond donors (Lipinski definition) is 1. The Hall–Kier alpha value is -1.39. The van der Waals surface area contributed by atoms with E-state index in [0.717, 1.165) is 5.56 Å². The molecule has 2 rings (SSSR count). The smallest absolute Gasteiger partial charge is 0.236 e. The first-order chi connectivity index (χ1) is 8.54. The van der Waals surface area contributed by atoms with Crippen molar-refractivity contribution in [3.05, 3.63) is 35.4 Å². The highest BCUT2D eigenvalue weighted by Crippen LogP contribution is 2.09. The summed E-state index contributed by atoms with van der Waals surface area (Å²) in [4.78, 5) is 15.6. The molecule has 0 radical (unpaired) electrons. The van der Waals surface area contributed by atoms with Gasteiger partial charge < -0.3 is 10.0 Å². The summed E-state index contributed by atoms with van der Waals surface area (Å²) < 4.78 is 0. The predicted octanol–water partition coefficient (Wildman–Crippen LogP) is 0.630. The van der Waals surface area contributed by atoms with Crippen LogP contribution in [0.25, 0.3) is 0 Å². The minimum Gasteiger partial charge on any atom is -0.390 e. The van der Waals surface area contributed by atoms with Gasteiger partial charge in [0.25, 0.3) is 0 Å². The van der Waals surface area contributed by atoms with Crippen LogP contribution in [0.1, 0.15) is 11.1 Å². The molecule has 98 valence electrons. The zero-order valence-electron chi connectivity index (χ0n) is 11.0. The number of likely N-dealkylation sites (N-methyl/N-ethyl adjacent to an activating group) is 1. The molecule has 1 aromatic carbocycles. The van der Waals surface area contributed by atoms with Crippen LogP contribution in [0.5, 0.6) is 0 Å². The van der Waals surface area contributed by atoms with Crippen molar-refractivity contribution in [2.75, 3.05) is 26.7 Å². The van der Waals surface area contributed by atoms with Crippen molar-refractivity contribution in [2.45, 2.75) is 19.6 Å². The molecule has 1 fully saturated rings. The van der Waals surface area contributed by atoms with E-state index < -0.39 is 0 Å². The van der Waals surface area contributed by atoms with Crippen LogP contribution < -0.4 is 0 Å². The molecule has 4 nitrogen and oxygen atoms in total. The van der Waals surface area contributed by atoms with Gasteiger partial charge in [0.05, 0.1) is 12.6 Å². The van der Waals surface area contributed by atoms with Crippen molar-refractivity contribution in [3.63, 3.8) is 0 Å². The van der Waals surface area contributed by atoms with Gasteiger partial charge in [-0.05, 0) is 12.5 Å². The third kappa shape index (κ3) is 3.31. The molecule has 1 amide bonds. The minimum atomic E-state index is -0.250. The van der Waals surface area contributed by atoms with Crippen LogP contribution in [0.15, 0.2) is 24.3 Å². The molecule has 0 bridgehead atoms. The van der Waals surface area contributed by atoms with Crippen molar-refractivity contribution < 1.29 is 9.90 Å². The number of β-amino-alcohol motifs (C(OH)–C–C–N with tert-alkyl or cyclic N) is 1. The highest BCUT2D eigenvalue weighted by molar-refractivity contribution is 5.78. The van der Waals surface area contributed by atoms with Crippen molar-refractivity contribution in [3.8, 4) is 0 Å². The molecule has 0 aromatic heterocycles. The molecular weight excluding hydrogens is 228 g/mol. The summed E-state index contributed by atoms with van der Waals surface area (Å²) in [6.45, 7) is 4.32. The average Bonchev–Trinajstić information content (AvgIpc) is 2.30. The zero-order valence-corrected chi connectivity index (χ0v) is 11.0. The second-order valence-electron chi connectivity index (χ2n) is 5.08. The quantitative estimate of drug-likeness (QED) is 0.850. The normalized spacial score (nSPS) is 16.4. The van der Waals surface area contributed by atoms with Crippen LogP contribution >= 0.6 is 0 Å². The fourth-order valence-corrected chi connectivity index (χ4v) is 2.04. The summed E-state index contributed by atoms with van der Waals surface area (Å²) in [5, 5.41) is 9.16. The van der Waals surface area contributed by atoms with Gasteiger partial charge in [-0.1, -0.05) is 29.8 Å². The first-order valence-electron chi connectivity index (χ1n) is 6.24. The highest BCUT2D eigenvalue weighted by atomic mass is 16.3. The standard InChI is InChI=1S/C14H20N2O2/c1-11-3-5-12(6-4-11)7-15(2)14(18)10-16-8-13(17)9-16/h3-6,13,17H,7-10H2,1-2H3. The van der Waals surface area contributed by atoms with Crippen molar-refractivity contribution in [2.24, 2.45) is 0 Å². The lowest BCUT2D eigenvalue weighted by atomic mass is 10.1. The minimum absolute atomic E-state index is 0.0995. The first kappa shape index (κ1) is 13.1. The van der Waals surface area contributed by atoms with Gasteiger partial charge in [0.2, 0.25) is 5.91 Å². The van der Waals surface area contributed by atoms with E-state index in [9.17, 15) is 4.79 Å². The van der Waals surface area contributed by atoms with E-state index in [1.54, 1.807) is 4.90 Å². The molecule has 1 N–H and O–H groups in total. The maximum Gasteiger partial charge on any atom is 0.236 e. The van der Waals surface area contributed by atoms with Crippen molar-refractivity contribution in [1.82, 2.24) is 9.80 Å². The van der Waals surface area contributed by atoms with Crippen molar-refractivity contribution in [1.29, 1.82) is 0 Å². The number of likely N-dealkylation sites (tertiary alicyclic amines) is 1. The number of aliphatic hydroxyl groups excluding tert-OH is 1. The Kier molecular flexibility index (Phi) is 3.99. The summed E-state index contributed by atoms with van der Waals surface area (Å²) in [5.41, 5.74) is 2.36. The van der Waals surface area contributed by atoms with Crippen LogP contribution in [0, 0.1) is 6.92 Å². The molecule has 1 aliphatic heterocycles. The van der Waals surface area contributed by atoms with Gasteiger partial charge in [0, 0.05) is 26.7 Å². The Bertz CT molecular complexity index is 410. The second-order valence-corrected chi connectivity index (χ2v) is 5.08. The van der Waals surface area contributed by atoms with E-state index in [1.165, 1.54) is 5.56 Å². The third-order valence-electron chi connectivity index (χ3n) is 3.26. The van der Waals surface area contributed by atoms with Crippen LogP contribution in [-0.4, -0.2) is 53.6 Å². The Morgan fingerprint density at radius 2 is 2.00 bits per heavy atom.